The molecule has 1 aliphatic rings. The monoisotopic (exact) mass is 428 g/mol. The summed E-state index contributed by atoms with van der Waals surface area (Å²) in [6, 6.07) is 11.8. The highest BCUT2D eigenvalue weighted by Gasteiger charge is 2.43. The van der Waals surface area contributed by atoms with Gasteiger partial charge in [-0.15, -0.1) is 0 Å². The standard InChI is InChI=1S/C23H24O8/c1-11-15(30-18-7-13(10-24)21(27)23(29)22(18)28)9-17-19(20(11)26)14(25)8-16(31-17)12-5-3-2-4-6-12/h2-6,8-9,13,18,21-24,26-29H,7,10H2,1H3. The molecular weight excluding hydrogens is 404 g/mol. The van der Waals surface area contributed by atoms with E-state index in [4.69, 9.17) is 9.15 Å². The van der Waals surface area contributed by atoms with E-state index >= 15 is 0 Å². The summed E-state index contributed by atoms with van der Waals surface area (Å²) in [6.45, 7) is 1.17. The molecule has 5 unspecified atom stereocenters. The van der Waals surface area contributed by atoms with E-state index in [-0.39, 0.29) is 41.1 Å². The van der Waals surface area contributed by atoms with Crippen molar-refractivity contribution in [2.45, 2.75) is 37.8 Å². The molecule has 1 aliphatic carbocycles. The fourth-order valence-corrected chi connectivity index (χ4v) is 3.99. The third kappa shape index (κ3) is 3.79. The van der Waals surface area contributed by atoms with E-state index in [1.54, 1.807) is 19.1 Å². The van der Waals surface area contributed by atoms with Gasteiger partial charge < -0.3 is 34.7 Å². The Kier molecular flexibility index (Phi) is 5.72. The summed E-state index contributed by atoms with van der Waals surface area (Å²) < 4.78 is 11.7. The Morgan fingerprint density at radius 1 is 1.06 bits per heavy atom. The molecule has 2 aromatic carbocycles. The molecule has 1 heterocycles. The molecule has 1 fully saturated rings. The normalized spacial score (nSPS) is 26.2. The van der Waals surface area contributed by atoms with E-state index < -0.39 is 35.8 Å². The van der Waals surface area contributed by atoms with Crippen LogP contribution in [0.5, 0.6) is 11.5 Å². The molecule has 164 valence electrons. The fourth-order valence-electron chi connectivity index (χ4n) is 3.99. The Morgan fingerprint density at radius 2 is 1.77 bits per heavy atom. The van der Waals surface area contributed by atoms with Gasteiger partial charge in [-0.25, -0.2) is 0 Å². The Balaban J connectivity index is 1.76. The number of benzene rings is 2. The maximum Gasteiger partial charge on any atom is 0.197 e. The maximum atomic E-state index is 12.7. The zero-order valence-electron chi connectivity index (χ0n) is 16.8. The van der Waals surface area contributed by atoms with Crippen LogP contribution in [0.3, 0.4) is 0 Å². The smallest absolute Gasteiger partial charge is 0.197 e. The van der Waals surface area contributed by atoms with E-state index in [0.717, 1.165) is 0 Å². The van der Waals surface area contributed by atoms with Gasteiger partial charge in [-0.2, -0.15) is 0 Å². The highest BCUT2D eigenvalue weighted by Crippen LogP contribution is 2.38. The number of aliphatic hydroxyl groups excluding tert-OH is 4. The van der Waals surface area contributed by atoms with Crippen LogP contribution in [0.4, 0.5) is 0 Å². The first-order valence-electron chi connectivity index (χ1n) is 9.99. The van der Waals surface area contributed by atoms with Gasteiger partial charge in [-0.3, -0.25) is 4.79 Å². The van der Waals surface area contributed by atoms with Crippen molar-refractivity contribution in [1.82, 2.24) is 0 Å². The summed E-state index contributed by atoms with van der Waals surface area (Å²) in [5.41, 5.74) is 0.646. The molecule has 4 rings (SSSR count). The molecule has 8 nitrogen and oxygen atoms in total. The molecule has 3 aromatic rings. The minimum Gasteiger partial charge on any atom is -0.507 e. The molecule has 0 amide bonds. The van der Waals surface area contributed by atoms with Crippen molar-refractivity contribution in [3.8, 4) is 22.8 Å². The lowest BCUT2D eigenvalue weighted by molar-refractivity contribution is -0.157. The summed E-state index contributed by atoms with van der Waals surface area (Å²) in [4.78, 5) is 12.7. The van der Waals surface area contributed by atoms with Gasteiger partial charge in [0.25, 0.3) is 0 Å². The molecule has 0 saturated heterocycles. The lowest BCUT2D eigenvalue weighted by atomic mass is 9.81. The minimum atomic E-state index is -1.49. The SMILES string of the molecule is Cc1c(OC2CC(CO)C(O)C(O)C2O)cc2oc(-c3ccccc3)cc(=O)c2c1O. The van der Waals surface area contributed by atoms with Crippen molar-refractivity contribution < 1.29 is 34.7 Å². The van der Waals surface area contributed by atoms with Gasteiger partial charge in [-0.05, 0) is 13.3 Å². The second kappa shape index (κ2) is 8.32. The Bertz CT molecular complexity index is 1140. The number of rotatable bonds is 4. The van der Waals surface area contributed by atoms with E-state index in [9.17, 15) is 30.3 Å². The maximum absolute atomic E-state index is 12.7. The van der Waals surface area contributed by atoms with Crippen molar-refractivity contribution in [2.24, 2.45) is 5.92 Å². The molecule has 0 spiro atoms. The molecule has 1 saturated carbocycles. The zero-order valence-corrected chi connectivity index (χ0v) is 16.8. The first kappa shape index (κ1) is 21.3. The molecule has 31 heavy (non-hydrogen) atoms. The predicted molar refractivity (Wildman–Crippen MR) is 112 cm³/mol. The molecule has 5 atom stereocenters. The summed E-state index contributed by atoms with van der Waals surface area (Å²) >= 11 is 0. The van der Waals surface area contributed by atoms with Crippen LogP contribution in [0.15, 0.2) is 51.7 Å². The Labute approximate surface area is 177 Å². The van der Waals surface area contributed by atoms with Gasteiger partial charge in [0.2, 0.25) is 0 Å². The van der Waals surface area contributed by atoms with Gasteiger partial charge in [0, 0.05) is 35.8 Å². The number of fused-ring (bicyclic) bond motifs is 1. The van der Waals surface area contributed by atoms with E-state index in [1.165, 1.54) is 12.1 Å². The van der Waals surface area contributed by atoms with E-state index in [0.29, 0.717) is 11.3 Å². The van der Waals surface area contributed by atoms with Crippen LogP contribution in [0.1, 0.15) is 12.0 Å². The largest absolute Gasteiger partial charge is 0.507 e. The number of aromatic hydroxyl groups is 1. The first-order valence-corrected chi connectivity index (χ1v) is 9.99. The molecule has 1 aromatic heterocycles. The van der Waals surface area contributed by atoms with Crippen LogP contribution >= 0.6 is 0 Å². The van der Waals surface area contributed by atoms with Crippen LogP contribution in [-0.2, 0) is 0 Å². The lowest BCUT2D eigenvalue weighted by Crippen LogP contribution is -2.56. The summed E-state index contributed by atoms with van der Waals surface area (Å²) in [7, 11) is 0. The second-order valence-electron chi connectivity index (χ2n) is 7.87. The summed E-state index contributed by atoms with van der Waals surface area (Å²) in [5.74, 6) is -0.502. The highest BCUT2D eigenvalue weighted by atomic mass is 16.5. The van der Waals surface area contributed by atoms with Gasteiger partial charge in [0.1, 0.15) is 46.5 Å². The quantitative estimate of drug-likeness (QED) is 0.419. The molecular formula is C23H24O8. The molecule has 8 heteroatoms. The Hall–Kier alpha value is -2.91. The van der Waals surface area contributed by atoms with Crippen molar-refractivity contribution >= 4 is 11.0 Å². The van der Waals surface area contributed by atoms with Crippen molar-refractivity contribution in [2.75, 3.05) is 6.61 Å². The van der Waals surface area contributed by atoms with Crippen LogP contribution in [0.25, 0.3) is 22.3 Å². The number of aliphatic hydroxyl groups is 4. The van der Waals surface area contributed by atoms with Crippen molar-refractivity contribution in [3.05, 3.63) is 58.3 Å². The number of hydrogen-bond donors (Lipinski definition) is 5. The van der Waals surface area contributed by atoms with Crippen molar-refractivity contribution in [3.63, 3.8) is 0 Å². The predicted octanol–water partition coefficient (Wildman–Crippen LogP) is 1.32. The summed E-state index contributed by atoms with van der Waals surface area (Å²) in [6.07, 6.45) is -5.04. The van der Waals surface area contributed by atoms with Crippen molar-refractivity contribution in [1.29, 1.82) is 0 Å². The topological polar surface area (TPSA) is 141 Å². The van der Waals surface area contributed by atoms with Crippen LogP contribution in [-0.4, -0.2) is 56.6 Å². The molecule has 0 radical (unpaired) electrons. The number of phenolic OH excluding ortho intramolecular Hbond substituents is 1. The fraction of sp³-hybridized carbons (Fsp3) is 0.348. The van der Waals surface area contributed by atoms with E-state index in [1.807, 2.05) is 18.2 Å². The number of hydrogen-bond acceptors (Lipinski definition) is 8. The average Bonchev–Trinajstić information content (AvgIpc) is 2.77. The number of ether oxygens (including phenoxy) is 1. The van der Waals surface area contributed by atoms with Crippen LogP contribution < -0.4 is 10.2 Å². The van der Waals surface area contributed by atoms with Crippen LogP contribution in [0.2, 0.25) is 0 Å². The molecule has 0 bridgehead atoms. The third-order valence-electron chi connectivity index (χ3n) is 5.87. The zero-order chi connectivity index (χ0) is 22.3. The second-order valence-corrected chi connectivity index (χ2v) is 7.87. The van der Waals surface area contributed by atoms with E-state index in [2.05, 4.69) is 0 Å². The van der Waals surface area contributed by atoms with Gasteiger partial charge in [-0.1, -0.05) is 30.3 Å². The summed E-state index contributed by atoms with van der Waals surface area (Å²) in [5, 5.41) is 50.5. The van der Waals surface area contributed by atoms with Gasteiger partial charge >= 0.3 is 0 Å². The number of phenols is 1. The molecule has 0 aliphatic heterocycles. The lowest BCUT2D eigenvalue weighted by Gasteiger charge is -2.39. The Morgan fingerprint density at radius 3 is 2.45 bits per heavy atom. The minimum absolute atomic E-state index is 0.0115. The highest BCUT2D eigenvalue weighted by molar-refractivity contribution is 5.87. The van der Waals surface area contributed by atoms with Gasteiger partial charge in [0.05, 0.1) is 6.10 Å². The average molecular weight is 428 g/mol. The first-order chi connectivity index (χ1) is 14.8. The van der Waals surface area contributed by atoms with Gasteiger partial charge in [0.15, 0.2) is 5.43 Å². The molecule has 5 N–H and O–H groups in total. The van der Waals surface area contributed by atoms with Crippen LogP contribution in [0, 0.1) is 12.8 Å². The third-order valence-corrected chi connectivity index (χ3v) is 5.87.